The summed E-state index contributed by atoms with van der Waals surface area (Å²) in [6.45, 7) is 7.71. The number of aliphatic carboxylic acids is 1. The second kappa shape index (κ2) is 5.61. The van der Waals surface area contributed by atoms with Crippen LogP contribution >= 0.6 is 0 Å². The Labute approximate surface area is 101 Å². The highest BCUT2D eigenvalue weighted by Gasteiger charge is 2.16. The molecule has 0 saturated heterocycles. The molecule has 0 radical (unpaired) electrons. The van der Waals surface area contributed by atoms with Gasteiger partial charge in [-0.1, -0.05) is 20.8 Å². The second-order valence-corrected chi connectivity index (χ2v) is 4.35. The van der Waals surface area contributed by atoms with E-state index in [0.29, 0.717) is 12.2 Å². The molecule has 0 saturated carbocycles. The lowest BCUT2D eigenvalue weighted by Gasteiger charge is -2.14. The molecule has 1 rings (SSSR count). The van der Waals surface area contributed by atoms with Crippen molar-refractivity contribution >= 4 is 11.8 Å². The molecule has 0 fully saturated rings. The number of carboxylic acids is 1. The Kier molecular flexibility index (Phi) is 4.43. The molecule has 0 bridgehead atoms. The minimum Gasteiger partial charge on any atom is -0.480 e. The van der Waals surface area contributed by atoms with E-state index in [1.165, 1.54) is 0 Å². The molecule has 2 N–H and O–H groups in total. The Hall–Kier alpha value is -1.65. The van der Waals surface area contributed by atoms with E-state index in [4.69, 9.17) is 5.11 Å². The van der Waals surface area contributed by atoms with E-state index < -0.39 is 12.0 Å². The van der Waals surface area contributed by atoms with Gasteiger partial charge in [-0.25, -0.2) is 14.8 Å². The highest BCUT2D eigenvalue weighted by Crippen LogP contribution is 2.14. The van der Waals surface area contributed by atoms with E-state index in [1.807, 2.05) is 27.7 Å². The van der Waals surface area contributed by atoms with Crippen LogP contribution in [0.15, 0.2) is 6.07 Å². The molecule has 1 unspecified atom stereocenters. The van der Waals surface area contributed by atoms with Gasteiger partial charge in [0.1, 0.15) is 17.7 Å². The molecule has 1 aromatic heterocycles. The van der Waals surface area contributed by atoms with E-state index >= 15 is 0 Å². The van der Waals surface area contributed by atoms with Crippen LogP contribution < -0.4 is 5.32 Å². The van der Waals surface area contributed by atoms with Crippen molar-refractivity contribution in [2.45, 2.75) is 46.1 Å². The molecule has 0 aromatic carbocycles. The summed E-state index contributed by atoms with van der Waals surface area (Å²) in [4.78, 5) is 19.6. The van der Waals surface area contributed by atoms with Crippen LogP contribution in [-0.2, 0) is 4.79 Å². The third kappa shape index (κ3) is 3.69. The molecule has 17 heavy (non-hydrogen) atoms. The number of rotatable bonds is 5. The van der Waals surface area contributed by atoms with Gasteiger partial charge in [-0.3, -0.25) is 0 Å². The summed E-state index contributed by atoms with van der Waals surface area (Å²) in [5, 5.41) is 11.9. The summed E-state index contributed by atoms with van der Waals surface area (Å²) in [5.74, 6) is 0.665. The fourth-order valence-corrected chi connectivity index (χ4v) is 1.44. The van der Waals surface area contributed by atoms with Gasteiger partial charge >= 0.3 is 5.97 Å². The van der Waals surface area contributed by atoms with E-state index in [1.54, 1.807) is 6.07 Å². The smallest absolute Gasteiger partial charge is 0.326 e. The van der Waals surface area contributed by atoms with E-state index in [-0.39, 0.29) is 5.92 Å². The molecule has 0 aliphatic heterocycles. The quantitative estimate of drug-likeness (QED) is 0.821. The van der Waals surface area contributed by atoms with Crippen molar-refractivity contribution in [2.75, 3.05) is 5.32 Å². The third-order valence-electron chi connectivity index (χ3n) is 2.42. The Morgan fingerprint density at radius 3 is 2.59 bits per heavy atom. The van der Waals surface area contributed by atoms with Crippen molar-refractivity contribution < 1.29 is 9.90 Å². The van der Waals surface area contributed by atoms with Crippen molar-refractivity contribution in [3.8, 4) is 0 Å². The zero-order valence-corrected chi connectivity index (χ0v) is 10.7. The zero-order valence-electron chi connectivity index (χ0n) is 10.7. The van der Waals surface area contributed by atoms with E-state index in [0.717, 1.165) is 11.5 Å². The maximum absolute atomic E-state index is 10.9. The zero-order chi connectivity index (χ0) is 13.0. The summed E-state index contributed by atoms with van der Waals surface area (Å²) >= 11 is 0. The number of nitrogens with zero attached hydrogens (tertiary/aromatic N) is 2. The molecule has 5 nitrogen and oxygen atoms in total. The first-order valence-electron chi connectivity index (χ1n) is 5.79. The first-order valence-corrected chi connectivity index (χ1v) is 5.79. The average Bonchev–Trinajstić information content (AvgIpc) is 2.24. The third-order valence-corrected chi connectivity index (χ3v) is 2.42. The molecule has 1 atom stereocenters. The van der Waals surface area contributed by atoms with Crippen molar-refractivity contribution in [1.82, 2.24) is 9.97 Å². The topological polar surface area (TPSA) is 75.1 Å². The molecule has 5 heteroatoms. The van der Waals surface area contributed by atoms with Crippen molar-refractivity contribution in [3.63, 3.8) is 0 Å². The Morgan fingerprint density at radius 1 is 1.47 bits per heavy atom. The number of aromatic nitrogens is 2. The maximum Gasteiger partial charge on any atom is 0.326 e. The number of anilines is 1. The highest BCUT2D eigenvalue weighted by atomic mass is 16.4. The summed E-state index contributed by atoms with van der Waals surface area (Å²) < 4.78 is 0. The van der Waals surface area contributed by atoms with Gasteiger partial charge in [-0.15, -0.1) is 0 Å². The van der Waals surface area contributed by atoms with Crippen LogP contribution in [0.5, 0.6) is 0 Å². The lowest BCUT2D eigenvalue weighted by molar-refractivity contribution is -0.137. The number of hydrogen-bond donors (Lipinski definition) is 2. The van der Waals surface area contributed by atoms with Crippen LogP contribution in [0, 0.1) is 6.92 Å². The summed E-state index contributed by atoms with van der Waals surface area (Å²) in [6, 6.07) is 1.15. The maximum atomic E-state index is 10.9. The molecule has 0 aliphatic carbocycles. The number of carboxylic acid groups (broad SMARTS) is 1. The molecule has 1 heterocycles. The highest BCUT2D eigenvalue weighted by molar-refractivity contribution is 5.76. The monoisotopic (exact) mass is 237 g/mol. The first kappa shape index (κ1) is 13.4. The van der Waals surface area contributed by atoms with Crippen LogP contribution in [0.1, 0.15) is 44.6 Å². The average molecular weight is 237 g/mol. The molecule has 0 amide bonds. The van der Waals surface area contributed by atoms with Gasteiger partial charge in [0, 0.05) is 17.7 Å². The molecule has 94 valence electrons. The summed E-state index contributed by atoms with van der Waals surface area (Å²) in [7, 11) is 0. The molecule has 0 aliphatic rings. The van der Waals surface area contributed by atoms with Gasteiger partial charge in [0.25, 0.3) is 0 Å². The normalized spacial score (nSPS) is 12.5. The minimum absolute atomic E-state index is 0.223. The summed E-state index contributed by atoms with van der Waals surface area (Å²) in [6.07, 6.45) is 0.509. The van der Waals surface area contributed by atoms with Gasteiger partial charge in [0.05, 0.1) is 0 Å². The van der Waals surface area contributed by atoms with Crippen LogP contribution in [0.2, 0.25) is 0 Å². The van der Waals surface area contributed by atoms with Crippen LogP contribution in [0.4, 0.5) is 5.82 Å². The van der Waals surface area contributed by atoms with Gasteiger partial charge < -0.3 is 10.4 Å². The molecular formula is C12H19N3O2. The molecule has 1 aromatic rings. The Morgan fingerprint density at radius 2 is 2.12 bits per heavy atom. The number of hydrogen-bond acceptors (Lipinski definition) is 4. The SMILES string of the molecule is CCC(Nc1cc(C)nc(C(C)C)n1)C(=O)O. The standard InChI is InChI=1S/C12H19N3O2/c1-5-9(12(16)17)14-10-6-8(4)13-11(15-10)7(2)3/h6-7,9H,5H2,1-4H3,(H,16,17)(H,13,14,15). The van der Waals surface area contributed by atoms with E-state index in [2.05, 4.69) is 15.3 Å². The molecule has 0 spiro atoms. The van der Waals surface area contributed by atoms with Gasteiger partial charge in [0.15, 0.2) is 0 Å². The predicted octanol–water partition coefficient (Wildman–Crippen LogP) is 2.18. The van der Waals surface area contributed by atoms with Gasteiger partial charge in [-0.05, 0) is 13.3 Å². The number of aryl methyl sites for hydroxylation is 1. The lowest BCUT2D eigenvalue weighted by atomic mass is 10.2. The second-order valence-electron chi connectivity index (χ2n) is 4.35. The predicted molar refractivity (Wildman–Crippen MR) is 66.2 cm³/mol. The Bertz CT molecular complexity index is 405. The van der Waals surface area contributed by atoms with Crippen LogP contribution in [0.25, 0.3) is 0 Å². The largest absolute Gasteiger partial charge is 0.480 e. The van der Waals surface area contributed by atoms with Gasteiger partial charge in [-0.2, -0.15) is 0 Å². The van der Waals surface area contributed by atoms with Crippen molar-refractivity contribution in [1.29, 1.82) is 0 Å². The minimum atomic E-state index is -0.866. The first-order chi connectivity index (χ1) is 7.93. The summed E-state index contributed by atoms with van der Waals surface area (Å²) in [5.41, 5.74) is 0.839. The van der Waals surface area contributed by atoms with Crippen molar-refractivity contribution in [2.24, 2.45) is 0 Å². The Balaban J connectivity index is 2.94. The van der Waals surface area contributed by atoms with Crippen molar-refractivity contribution in [3.05, 3.63) is 17.6 Å². The number of carbonyl (C=O) groups is 1. The fraction of sp³-hybridized carbons (Fsp3) is 0.583. The fourth-order valence-electron chi connectivity index (χ4n) is 1.44. The molecular weight excluding hydrogens is 218 g/mol. The van der Waals surface area contributed by atoms with Crippen LogP contribution in [-0.4, -0.2) is 27.1 Å². The van der Waals surface area contributed by atoms with Crippen LogP contribution in [0.3, 0.4) is 0 Å². The lowest BCUT2D eigenvalue weighted by Crippen LogP contribution is -2.29. The van der Waals surface area contributed by atoms with E-state index in [9.17, 15) is 4.79 Å². The van der Waals surface area contributed by atoms with Gasteiger partial charge in [0.2, 0.25) is 0 Å². The number of nitrogens with one attached hydrogen (secondary N) is 1.